The van der Waals surface area contributed by atoms with Crippen molar-refractivity contribution >= 4 is 44.1 Å². The lowest BCUT2D eigenvalue weighted by atomic mass is 10.1. The normalized spacial score (nSPS) is 15.1. The highest BCUT2D eigenvalue weighted by Gasteiger charge is 2.24. The number of thiophene rings is 1. The van der Waals surface area contributed by atoms with Crippen LogP contribution in [0.4, 0.5) is 5.69 Å². The first-order valence-corrected chi connectivity index (χ1v) is 9.98. The van der Waals surface area contributed by atoms with Crippen LogP contribution in [-0.4, -0.2) is 43.1 Å². The molecule has 7 heteroatoms. The lowest BCUT2D eigenvalue weighted by Gasteiger charge is -2.19. The van der Waals surface area contributed by atoms with Gasteiger partial charge in [0, 0.05) is 29.9 Å². The van der Waals surface area contributed by atoms with Gasteiger partial charge in [0.25, 0.3) is 5.91 Å². The van der Waals surface area contributed by atoms with E-state index in [1.807, 2.05) is 23.1 Å². The Hall–Kier alpha value is -2.54. The summed E-state index contributed by atoms with van der Waals surface area (Å²) in [5.74, 6) is 1.29. The van der Waals surface area contributed by atoms with Gasteiger partial charge in [-0.25, -0.2) is 4.98 Å². The molecule has 3 aromatic rings. The molecule has 0 bridgehead atoms. The van der Waals surface area contributed by atoms with E-state index in [4.69, 9.17) is 20.2 Å². The third-order valence-electron chi connectivity index (χ3n) is 5.11. The summed E-state index contributed by atoms with van der Waals surface area (Å²) < 4.78 is 10.7. The zero-order valence-electron chi connectivity index (χ0n) is 15.6. The van der Waals surface area contributed by atoms with E-state index in [0.717, 1.165) is 47.1 Å². The molecule has 1 saturated heterocycles. The van der Waals surface area contributed by atoms with Crippen LogP contribution in [0.25, 0.3) is 21.1 Å². The third kappa shape index (κ3) is 3.16. The first-order chi connectivity index (χ1) is 13.1. The van der Waals surface area contributed by atoms with E-state index in [2.05, 4.69) is 0 Å². The van der Waals surface area contributed by atoms with Crippen molar-refractivity contribution in [2.24, 2.45) is 0 Å². The highest BCUT2D eigenvalue weighted by molar-refractivity contribution is 7.21. The maximum Gasteiger partial charge on any atom is 0.266 e. The molecule has 142 valence electrons. The van der Waals surface area contributed by atoms with E-state index in [9.17, 15) is 4.79 Å². The van der Waals surface area contributed by atoms with Gasteiger partial charge in [0.2, 0.25) is 0 Å². The van der Waals surface area contributed by atoms with Crippen molar-refractivity contribution in [1.29, 1.82) is 0 Å². The molecule has 0 saturated carbocycles. The Morgan fingerprint density at radius 1 is 1.07 bits per heavy atom. The molecule has 0 radical (unpaired) electrons. The SMILES string of the molecule is COc1cc2cc3c(N)c(C(=O)N4CCCCCC4)sc3nc2cc1OC. The Labute approximate surface area is 161 Å². The van der Waals surface area contributed by atoms with Crippen molar-refractivity contribution in [2.75, 3.05) is 33.0 Å². The number of benzene rings is 1. The number of rotatable bonds is 3. The number of hydrogen-bond donors (Lipinski definition) is 1. The topological polar surface area (TPSA) is 77.7 Å². The van der Waals surface area contributed by atoms with Gasteiger partial charge in [0.15, 0.2) is 11.5 Å². The number of hydrogen-bond acceptors (Lipinski definition) is 6. The maximum atomic E-state index is 13.0. The number of anilines is 1. The molecule has 6 nitrogen and oxygen atoms in total. The summed E-state index contributed by atoms with van der Waals surface area (Å²) in [6.45, 7) is 1.60. The number of aromatic nitrogens is 1. The minimum absolute atomic E-state index is 0.0246. The monoisotopic (exact) mass is 385 g/mol. The minimum Gasteiger partial charge on any atom is -0.493 e. The van der Waals surface area contributed by atoms with E-state index >= 15 is 0 Å². The fourth-order valence-corrected chi connectivity index (χ4v) is 4.66. The van der Waals surface area contributed by atoms with Crippen LogP contribution in [0, 0.1) is 0 Å². The summed E-state index contributed by atoms with van der Waals surface area (Å²) >= 11 is 1.37. The summed E-state index contributed by atoms with van der Waals surface area (Å²) in [6, 6.07) is 5.71. The average Bonchev–Trinajstić information content (AvgIpc) is 2.87. The number of nitrogen functional groups attached to an aromatic ring is 1. The Morgan fingerprint density at radius 2 is 1.74 bits per heavy atom. The molecule has 0 atom stereocenters. The number of nitrogens with two attached hydrogens (primary N) is 1. The molecule has 4 rings (SSSR count). The number of ether oxygens (including phenoxy) is 2. The summed E-state index contributed by atoms with van der Waals surface area (Å²) in [5.41, 5.74) is 7.68. The molecular weight excluding hydrogens is 362 g/mol. The zero-order valence-corrected chi connectivity index (χ0v) is 16.4. The number of methoxy groups -OCH3 is 2. The Kier molecular flexibility index (Phi) is 4.78. The summed E-state index contributed by atoms with van der Waals surface area (Å²) in [6.07, 6.45) is 4.47. The van der Waals surface area contributed by atoms with Crippen molar-refractivity contribution in [3.63, 3.8) is 0 Å². The number of pyridine rings is 1. The standard InChI is InChI=1S/C20H23N3O3S/c1-25-15-10-12-9-13-17(21)18(20(24)23-7-5-3-4-6-8-23)27-19(13)22-14(12)11-16(15)26-2/h9-11H,3-8,21H2,1-2H3. The van der Waals surface area contributed by atoms with Gasteiger partial charge < -0.3 is 20.1 Å². The molecule has 0 spiro atoms. The fourth-order valence-electron chi connectivity index (χ4n) is 3.60. The summed E-state index contributed by atoms with van der Waals surface area (Å²) in [5, 5.41) is 1.72. The van der Waals surface area contributed by atoms with E-state index in [1.54, 1.807) is 14.2 Å². The Morgan fingerprint density at radius 3 is 2.41 bits per heavy atom. The molecule has 1 aliphatic rings. The molecule has 2 aromatic heterocycles. The second-order valence-corrected chi connectivity index (χ2v) is 7.79. The van der Waals surface area contributed by atoms with Crippen molar-refractivity contribution in [3.8, 4) is 11.5 Å². The molecular formula is C20H23N3O3S. The van der Waals surface area contributed by atoms with Crippen molar-refractivity contribution in [2.45, 2.75) is 25.7 Å². The number of fused-ring (bicyclic) bond motifs is 2. The summed E-state index contributed by atoms with van der Waals surface area (Å²) in [7, 11) is 3.20. The smallest absolute Gasteiger partial charge is 0.266 e. The molecule has 27 heavy (non-hydrogen) atoms. The van der Waals surface area contributed by atoms with Gasteiger partial charge in [-0.15, -0.1) is 11.3 Å². The van der Waals surface area contributed by atoms with Crippen molar-refractivity contribution < 1.29 is 14.3 Å². The largest absolute Gasteiger partial charge is 0.493 e. The van der Waals surface area contributed by atoms with Crippen LogP contribution in [0.2, 0.25) is 0 Å². The van der Waals surface area contributed by atoms with E-state index in [1.165, 1.54) is 24.2 Å². The maximum absolute atomic E-state index is 13.0. The highest BCUT2D eigenvalue weighted by atomic mass is 32.1. The minimum atomic E-state index is 0.0246. The molecule has 3 heterocycles. The second kappa shape index (κ2) is 7.23. The van der Waals surface area contributed by atoms with Crippen LogP contribution < -0.4 is 15.2 Å². The molecule has 0 aliphatic carbocycles. The van der Waals surface area contributed by atoms with E-state index in [-0.39, 0.29) is 5.91 Å². The van der Waals surface area contributed by atoms with Crippen LogP contribution in [0.15, 0.2) is 18.2 Å². The number of nitrogens with zero attached hydrogens (tertiary/aromatic N) is 2. The number of likely N-dealkylation sites (tertiary alicyclic amines) is 1. The lowest BCUT2D eigenvalue weighted by molar-refractivity contribution is 0.0767. The first-order valence-electron chi connectivity index (χ1n) is 9.16. The number of amides is 1. The molecule has 2 N–H and O–H groups in total. The fraction of sp³-hybridized carbons (Fsp3) is 0.400. The Bertz CT molecular complexity index is 1010. The second-order valence-electron chi connectivity index (χ2n) is 6.79. The van der Waals surface area contributed by atoms with Crippen molar-refractivity contribution in [3.05, 3.63) is 23.1 Å². The predicted molar refractivity (Wildman–Crippen MR) is 109 cm³/mol. The quantitative estimate of drug-likeness (QED) is 0.735. The van der Waals surface area contributed by atoms with Gasteiger partial charge in [-0.2, -0.15) is 0 Å². The van der Waals surface area contributed by atoms with Crippen molar-refractivity contribution in [1.82, 2.24) is 9.88 Å². The van der Waals surface area contributed by atoms with Crippen LogP contribution in [0.3, 0.4) is 0 Å². The third-order valence-corrected chi connectivity index (χ3v) is 6.21. The first kappa shape index (κ1) is 17.9. The van der Waals surface area contributed by atoms with Gasteiger partial charge in [-0.1, -0.05) is 12.8 Å². The Balaban J connectivity index is 1.80. The van der Waals surface area contributed by atoms with Crippen LogP contribution in [0.1, 0.15) is 35.4 Å². The molecule has 1 aromatic carbocycles. The van der Waals surface area contributed by atoms with Gasteiger partial charge in [0.05, 0.1) is 25.4 Å². The van der Waals surface area contributed by atoms with Crippen LogP contribution in [-0.2, 0) is 0 Å². The molecule has 0 unspecified atom stereocenters. The van der Waals surface area contributed by atoms with E-state index < -0.39 is 0 Å². The predicted octanol–water partition coefficient (Wildman–Crippen LogP) is 4.07. The molecule has 1 fully saturated rings. The summed E-state index contributed by atoms with van der Waals surface area (Å²) in [4.78, 5) is 21.0. The lowest BCUT2D eigenvalue weighted by Crippen LogP contribution is -2.31. The van der Waals surface area contributed by atoms with E-state index in [0.29, 0.717) is 22.1 Å². The van der Waals surface area contributed by atoms with Crippen LogP contribution >= 0.6 is 11.3 Å². The number of carbonyl (C=O) groups is 1. The van der Waals surface area contributed by atoms with Crippen LogP contribution in [0.5, 0.6) is 11.5 Å². The van der Waals surface area contributed by atoms with Gasteiger partial charge in [-0.05, 0) is 25.0 Å². The number of carbonyl (C=O) groups excluding carboxylic acids is 1. The molecule has 1 amide bonds. The zero-order chi connectivity index (χ0) is 19.0. The average molecular weight is 385 g/mol. The highest BCUT2D eigenvalue weighted by Crippen LogP contribution is 2.38. The van der Waals surface area contributed by atoms with Gasteiger partial charge >= 0.3 is 0 Å². The van der Waals surface area contributed by atoms with Gasteiger partial charge in [0.1, 0.15) is 9.71 Å². The van der Waals surface area contributed by atoms with Gasteiger partial charge in [-0.3, -0.25) is 4.79 Å². The molecule has 1 aliphatic heterocycles.